The van der Waals surface area contributed by atoms with E-state index in [9.17, 15) is 9.90 Å². The van der Waals surface area contributed by atoms with Crippen LogP contribution < -0.4 is 10.6 Å². The number of aliphatic hydroxyl groups excluding tert-OH is 1. The minimum Gasteiger partial charge on any atom is -0.465 e. The molecule has 0 aliphatic carbocycles. The van der Waals surface area contributed by atoms with E-state index < -0.39 is 5.97 Å². The first-order valence-electron chi connectivity index (χ1n) is 6.58. The monoisotopic (exact) mass is 300 g/mol. The lowest BCUT2D eigenvalue weighted by Gasteiger charge is -2.27. The molecule has 0 heterocycles. The Morgan fingerprint density at radius 3 is 2.70 bits per heavy atom. The third-order valence-corrected chi connectivity index (χ3v) is 3.25. The highest BCUT2D eigenvalue weighted by atomic mass is 35.5. The Morgan fingerprint density at radius 2 is 2.15 bits per heavy atom. The van der Waals surface area contributed by atoms with Crippen LogP contribution >= 0.6 is 11.6 Å². The predicted molar refractivity (Wildman–Crippen MR) is 81.4 cm³/mol. The average Bonchev–Trinajstić information content (AvgIpc) is 2.42. The number of carbonyl (C=O) groups is 1. The van der Waals surface area contributed by atoms with Crippen LogP contribution in [-0.4, -0.2) is 37.9 Å². The molecule has 5 nitrogen and oxygen atoms in total. The number of hydrogen-bond donors (Lipinski definition) is 2. The second-order valence-corrected chi connectivity index (χ2v) is 4.86. The molecule has 6 heteroatoms. The van der Waals surface area contributed by atoms with Crippen molar-refractivity contribution in [3.63, 3.8) is 0 Å². The summed E-state index contributed by atoms with van der Waals surface area (Å²) in [5.41, 5.74) is 7.02. The van der Waals surface area contributed by atoms with Crippen LogP contribution in [0.15, 0.2) is 12.1 Å². The first-order valence-corrected chi connectivity index (χ1v) is 6.96. The number of benzene rings is 1. The molecular formula is C14H21ClN2O3. The van der Waals surface area contributed by atoms with Gasteiger partial charge in [0.2, 0.25) is 0 Å². The van der Waals surface area contributed by atoms with E-state index in [1.54, 1.807) is 12.1 Å². The highest BCUT2D eigenvalue weighted by Crippen LogP contribution is 2.33. The number of nitrogens with zero attached hydrogens (tertiary/aromatic N) is 1. The Kier molecular flexibility index (Phi) is 6.61. The Balaban J connectivity index is 3.26. The van der Waals surface area contributed by atoms with Gasteiger partial charge in [0.15, 0.2) is 0 Å². The molecule has 0 aliphatic rings. The van der Waals surface area contributed by atoms with Crippen molar-refractivity contribution >= 4 is 28.9 Å². The highest BCUT2D eigenvalue weighted by molar-refractivity contribution is 6.34. The van der Waals surface area contributed by atoms with Crippen LogP contribution in [-0.2, 0) is 4.74 Å². The van der Waals surface area contributed by atoms with Gasteiger partial charge in [0, 0.05) is 18.8 Å². The van der Waals surface area contributed by atoms with E-state index in [-0.39, 0.29) is 6.61 Å². The number of nitrogens with two attached hydrogens (primary N) is 1. The lowest BCUT2D eigenvalue weighted by atomic mass is 10.1. The van der Waals surface area contributed by atoms with E-state index in [4.69, 9.17) is 22.1 Å². The number of halogens is 1. The van der Waals surface area contributed by atoms with Crippen molar-refractivity contribution in [1.82, 2.24) is 0 Å². The summed E-state index contributed by atoms with van der Waals surface area (Å²) < 4.78 is 4.78. The molecule has 0 saturated heterocycles. The molecule has 1 aromatic carbocycles. The summed E-state index contributed by atoms with van der Waals surface area (Å²) in [4.78, 5) is 13.8. The van der Waals surface area contributed by atoms with Gasteiger partial charge in [0.25, 0.3) is 0 Å². The number of esters is 1. The number of methoxy groups -OCH3 is 1. The lowest BCUT2D eigenvalue weighted by molar-refractivity contribution is 0.0601. The van der Waals surface area contributed by atoms with Crippen LogP contribution in [0.5, 0.6) is 0 Å². The van der Waals surface area contributed by atoms with Gasteiger partial charge in [-0.25, -0.2) is 4.79 Å². The summed E-state index contributed by atoms with van der Waals surface area (Å²) >= 11 is 6.23. The second kappa shape index (κ2) is 7.97. The molecule has 0 fully saturated rings. The number of ether oxygens (including phenoxy) is 1. The minimum absolute atomic E-state index is 0.0228. The van der Waals surface area contributed by atoms with Crippen molar-refractivity contribution in [2.24, 2.45) is 0 Å². The second-order valence-electron chi connectivity index (χ2n) is 4.45. The maximum Gasteiger partial charge on any atom is 0.340 e. The number of rotatable bonds is 7. The number of nitrogen functional groups attached to an aromatic ring is 1. The Morgan fingerprint density at radius 1 is 1.45 bits per heavy atom. The smallest absolute Gasteiger partial charge is 0.340 e. The molecular weight excluding hydrogens is 280 g/mol. The largest absolute Gasteiger partial charge is 0.465 e. The van der Waals surface area contributed by atoms with Gasteiger partial charge in [-0.1, -0.05) is 24.9 Å². The SMILES string of the molecule is CCCCN(CCO)c1c(Cl)cc(N)cc1C(=O)OC. The first kappa shape index (κ1) is 16.6. The van der Waals surface area contributed by atoms with Crippen LogP contribution in [0.1, 0.15) is 30.1 Å². The van der Waals surface area contributed by atoms with Gasteiger partial charge >= 0.3 is 5.97 Å². The number of anilines is 2. The summed E-state index contributed by atoms with van der Waals surface area (Å²) in [6.45, 7) is 3.15. The normalized spacial score (nSPS) is 10.4. The summed E-state index contributed by atoms with van der Waals surface area (Å²) in [5, 5.41) is 9.59. The van der Waals surface area contributed by atoms with Gasteiger partial charge < -0.3 is 20.5 Å². The third-order valence-electron chi connectivity index (χ3n) is 2.96. The van der Waals surface area contributed by atoms with Gasteiger partial charge in [0.05, 0.1) is 30.0 Å². The van der Waals surface area contributed by atoms with E-state index in [1.807, 2.05) is 4.90 Å². The van der Waals surface area contributed by atoms with Crippen LogP contribution in [0.25, 0.3) is 0 Å². The molecule has 20 heavy (non-hydrogen) atoms. The van der Waals surface area contributed by atoms with Crippen molar-refractivity contribution in [3.8, 4) is 0 Å². The van der Waals surface area contributed by atoms with E-state index >= 15 is 0 Å². The van der Waals surface area contributed by atoms with Crippen molar-refractivity contribution in [2.45, 2.75) is 19.8 Å². The van der Waals surface area contributed by atoms with Crippen LogP contribution in [0.3, 0.4) is 0 Å². The maximum atomic E-state index is 11.9. The molecule has 0 saturated carbocycles. The lowest BCUT2D eigenvalue weighted by Crippen LogP contribution is -2.30. The molecule has 0 radical (unpaired) electrons. The zero-order valence-electron chi connectivity index (χ0n) is 11.9. The minimum atomic E-state index is -0.492. The quantitative estimate of drug-likeness (QED) is 0.597. The van der Waals surface area contributed by atoms with Gasteiger partial charge in [-0.15, -0.1) is 0 Å². The van der Waals surface area contributed by atoms with Crippen LogP contribution in [0.2, 0.25) is 5.02 Å². The van der Waals surface area contributed by atoms with Crippen molar-refractivity contribution in [3.05, 3.63) is 22.7 Å². The van der Waals surface area contributed by atoms with Crippen molar-refractivity contribution in [1.29, 1.82) is 0 Å². The van der Waals surface area contributed by atoms with Crippen molar-refractivity contribution < 1.29 is 14.6 Å². The number of hydrogen-bond acceptors (Lipinski definition) is 5. The molecule has 0 aliphatic heterocycles. The first-order chi connectivity index (χ1) is 9.54. The summed E-state index contributed by atoms with van der Waals surface area (Å²) in [6, 6.07) is 3.14. The maximum absolute atomic E-state index is 11.9. The number of unbranched alkanes of at least 4 members (excludes halogenated alkanes) is 1. The summed E-state index contributed by atoms with van der Waals surface area (Å²) in [5.74, 6) is -0.492. The van der Waals surface area contributed by atoms with E-state index in [0.29, 0.717) is 35.1 Å². The number of aliphatic hydroxyl groups is 1. The Bertz CT molecular complexity index is 466. The van der Waals surface area contributed by atoms with Gasteiger partial charge in [-0.2, -0.15) is 0 Å². The van der Waals surface area contributed by atoms with Crippen LogP contribution in [0.4, 0.5) is 11.4 Å². The fourth-order valence-electron chi connectivity index (χ4n) is 2.01. The zero-order chi connectivity index (χ0) is 15.1. The molecule has 0 atom stereocenters. The van der Waals surface area contributed by atoms with Crippen molar-refractivity contribution in [2.75, 3.05) is 37.4 Å². The third kappa shape index (κ3) is 4.02. The van der Waals surface area contributed by atoms with Gasteiger partial charge in [0.1, 0.15) is 0 Å². The predicted octanol–water partition coefficient (Wildman–Crippen LogP) is 2.31. The molecule has 1 rings (SSSR count). The molecule has 0 aromatic heterocycles. The Hall–Kier alpha value is -1.46. The molecule has 0 unspecified atom stereocenters. The van der Waals surface area contributed by atoms with Crippen LogP contribution in [0, 0.1) is 0 Å². The van der Waals surface area contributed by atoms with Gasteiger partial charge in [-0.3, -0.25) is 0 Å². The standard InChI is InChI=1S/C14H21ClN2O3/c1-3-4-5-17(6-7-18)13-11(14(19)20-2)8-10(16)9-12(13)15/h8-9,18H,3-7,16H2,1-2H3. The molecule has 0 spiro atoms. The zero-order valence-corrected chi connectivity index (χ0v) is 12.6. The topological polar surface area (TPSA) is 75.8 Å². The van der Waals surface area contributed by atoms with E-state index in [2.05, 4.69) is 6.92 Å². The Labute approximate surface area is 124 Å². The molecule has 0 bridgehead atoms. The fraction of sp³-hybridized carbons (Fsp3) is 0.500. The summed E-state index contributed by atoms with van der Waals surface area (Å²) in [7, 11) is 1.31. The molecule has 1 aromatic rings. The van der Waals surface area contributed by atoms with Gasteiger partial charge in [-0.05, 0) is 18.6 Å². The fourth-order valence-corrected chi connectivity index (χ4v) is 2.36. The number of carbonyl (C=O) groups excluding carboxylic acids is 1. The molecule has 3 N–H and O–H groups in total. The molecule has 0 amide bonds. The highest BCUT2D eigenvalue weighted by Gasteiger charge is 2.21. The van der Waals surface area contributed by atoms with E-state index in [1.165, 1.54) is 7.11 Å². The summed E-state index contributed by atoms with van der Waals surface area (Å²) in [6.07, 6.45) is 1.93. The average molecular weight is 301 g/mol. The molecule has 112 valence electrons. The van der Waals surface area contributed by atoms with E-state index in [0.717, 1.165) is 12.8 Å².